The van der Waals surface area contributed by atoms with Crippen molar-refractivity contribution < 1.29 is 4.74 Å². The molecule has 0 aliphatic carbocycles. The Balaban J connectivity index is 2.98. The summed E-state index contributed by atoms with van der Waals surface area (Å²) in [5.41, 5.74) is -0.155. The highest BCUT2D eigenvalue weighted by Gasteiger charge is 2.31. The standard InChI is InChI=1S/C11H19NOS/c1-5-9-8-12-10(14-9)11(6-2,7-3)13-4/h8H,5-7H2,1-4H3. The second kappa shape index (κ2) is 4.89. The van der Waals surface area contributed by atoms with Gasteiger partial charge in [0.1, 0.15) is 10.6 Å². The fraction of sp³-hybridized carbons (Fsp3) is 0.727. The molecule has 0 bridgehead atoms. The zero-order chi connectivity index (χ0) is 10.6. The van der Waals surface area contributed by atoms with Crippen molar-refractivity contribution >= 4 is 11.3 Å². The van der Waals surface area contributed by atoms with Gasteiger partial charge in [-0.25, -0.2) is 4.98 Å². The van der Waals surface area contributed by atoms with Crippen LogP contribution in [0.4, 0.5) is 0 Å². The van der Waals surface area contributed by atoms with Gasteiger partial charge in [-0.15, -0.1) is 11.3 Å². The molecule has 0 aromatic carbocycles. The first-order chi connectivity index (χ1) is 6.72. The van der Waals surface area contributed by atoms with Gasteiger partial charge in [0.25, 0.3) is 0 Å². The van der Waals surface area contributed by atoms with Gasteiger partial charge in [-0.3, -0.25) is 0 Å². The van der Waals surface area contributed by atoms with Crippen molar-refractivity contribution in [2.45, 2.75) is 45.6 Å². The Morgan fingerprint density at radius 1 is 1.36 bits per heavy atom. The number of rotatable bonds is 5. The summed E-state index contributed by atoms with van der Waals surface area (Å²) in [7, 11) is 1.78. The van der Waals surface area contributed by atoms with Crippen LogP contribution in [-0.4, -0.2) is 12.1 Å². The molecule has 1 heterocycles. The quantitative estimate of drug-likeness (QED) is 0.748. The fourth-order valence-corrected chi connectivity index (χ4v) is 2.77. The molecule has 0 spiro atoms. The molecule has 0 saturated heterocycles. The van der Waals surface area contributed by atoms with E-state index in [1.165, 1.54) is 4.88 Å². The molecule has 1 aromatic rings. The maximum Gasteiger partial charge on any atom is 0.125 e. The number of hydrogen-bond donors (Lipinski definition) is 0. The summed E-state index contributed by atoms with van der Waals surface area (Å²) >= 11 is 1.78. The molecule has 0 N–H and O–H groups in total. The van der Waals surface area contributed by atoms with E-state index < -0.39 is 0 Å². The van der Waals surface area contributed by atoms with Crippen molar-refractivity contribution in [1.82, 2.24) is 4.98 Å². The van der Waals surface area contributed by atoms with Crippen LogP contribution in [0.25, 0.3) is 0 Å². The average molecular weight is 213 g/mol. The lowest BCUT2D eigenvalue weighted by Crippen LogP contribution is -2.26. The van der Waals surface area contributed by atoms with Gasteiger partial charge >= 0.3 is 0 Å². The molecule has 0 saturated carbocycles. The Morgan fingerprint density at radius 3 is 2.36 bits per heavy atom. The minimum atomic E-state index is -0.155. The minimum Gasteiger partial charge on any atom is -0.371 e. The van der Waals surface area contributed by atoms with Crippen LogP contribution >= 0.6 is 11.3 Å². The maximum absolute atomic E-state index is 5.63. The SMILES string of the molecule is CCc1cnc(C(CC)(CC)OC)s1. The molecule has 0 unspecified atom stereocenters. The highest BCUT2D eigenvalue weighted by Crippen LogP contribution is 2.34. The molecule has 2 nitrogen and oxygen atoms in total. The van der Waals surface area contributed by atoms with Gasteiger partial charge in [0.15, 0.2) is 0 Å². The first-order valence-electron chi connectivity index (χ1n) is 5.22. The van der Waals surface area contributed by atoms with E-state index in [9.17, 15) is 0 Å². The first kappa shape index (κ1) is 11.7. The van der Waals surface area contributed by atoms with Crippen LogP contribution < -0.4 is 0 Å². The minimum absolute atomic E-state index is 0.155. The first-order valence-corrected chi connectivity index (χ1v) is 6.04. The van der Waals surface area contributed by atoms with Crippen LogP contribution in [0.5, 0.6) is 0 Å². The molecule has 80 valence electrons. The van der Waals surface area contributed by atoms with Crippen molar-refractivity contribution in [3.05, 3.63) is 16.1 Å². The van der Waals surface area contributed by atoms with E-state index in [1.807, 2.05) is 6.20 Å². The van der Waals surface area contributed by atoms with Gasteiger partial charge in [-0.05, 0) is 19.3 Å². The van der Waals surface area contributed by atoms with Gasteiger partial charge in [0.05, 0.1) is 0 Å². The van der Waals surface area contributed by atoms with E-state index in [1.54, 1.807) is 18.4 Å². The van der Waals surface area contributed by atoms with Crippen LogP contribution in [0.15, 0.2) is 6.20 Å². The third kappa shape index (κ3) is 1.98. The number of hydrogen-bond acceptors (Lipinski definition) is 3. The van der Waals surface area contributed by atoms with Crippen LogP contribution in [0.3, 0.4) is 0 Å². The Kier molecular flexibility index (Phi) is 4.08. The lowest BCUT2D eigenvalue weighted by Gasteiger charge is -2.27. The van der Waals surface area contributed by atoms with Crippen molar-refractivity contribution in [1.29, 1.82) is 0 Å². The second-order valence-corrected chi connectivity index (χ2v) is 4.51. The molecule has 14 heavy (non-hydrogen) atoms. The zero-order valence-electron chi connectivity index (χ0n) is 9.46. The monoisotopic (exact) mass is 213 g/mol. The third-order valence-corrected chi connectivity index (χ3v) is 4.15. The van der Waals surface area contributed by atoms with Crippen molar-refractivity contribution in [2.24, 2.45) is 0 Å². The molecule has 0 radical (unpaired) electrons. The van der Waals surface area contributed by atoms with Gasteiger partial charge in [-0.1, -0.05) is 20.8 Å². The summed E-state index contributed by atoms with van der Waals surface area (Å²) < 4.78 is 5.63. The molecule has 0 aliphatic rings. The Morgan fingerprint density at radius 2 is 2.00 bits per heavy atom. The smallest absolute Gasteiger partial charge is 0.125 e. The number of methoxy groups -OCH3 is 1. The number of ether oxygens (including phenoxy) is 1. The number of nitrogens with zero attached hydrogens (tertiary/aromatic N) is 1. The van der Waals surface area contributed by atoms with Gasteiger partial charge < -0.3 is 4.74 Å². The third-order valence-electron chi connectivity index (χ3n) is 2.82. The molecule has 3 heteroatoms. The van der Waals surface area contributed by atoms with Crippen LogP contribution in [0.2, 0.25) is 0 Å². The summed E-state index contributed by atoms with van der Waals surface area (Å²) in [4.78, 5) is 5.80. The molecule has 0 aliphatic heterocycles. The molecule has 0 atom stereocenters. The molecule has 1 aromatic heterocycles. The summed E-state index contributed by atoms with van der Waals surface area (Å²) in [6.45, 7) is 6.46. The predicted octanol–water partition coefficient (Wildman–Crippen LogP) is 3.37. The Bertz CT molecular complexity index is 270. The molecule has 0 fully saturated rings. The number of aryl methyl sites for hydroxylation is 1. The number of thiazole rings is 1. The highest BCUT2D eigenvalue weighted by molar-refractivity contribution is 7.11. The Hall–Kier alpha value is -0.410. The summed E-state index contributed by atoms with van der Waals surface area (Å²) in [6, 6.07) is 0. The van der Waals surface area contributed by atoms with Gasteiger partial charge in [0.2, 0.25) is 0 Å². The predicted molar refractivity (Wildman–Crippen MR) is 60.8 cm³/mol. The summed E-state index contributed by atoms with van der Waals surface area (Å²) in [5.74, 6) is 0. The van der Waals surface area contributed by atoms with Crippen molar-refractivity contribution in [3.8, 4) is 0 Å². The molecular weight excluding hydrogens is 194 g/mol. The fourth-order valence-electron chi connectivity index (χ4n) is 1.61. The van der Waals surface area contributed by atoms with E-state index in [4.69, 9.17) is 4.74 Å². The lowest BCUT2D eigenvalue weighted by atomic mass is 9.98. The Labute approximate surface area is 90.3 Å². The van der Waals surface area contributed by atoms with E-state index in [0.717, 1.165) is 24.3 Å². The second-order valence-electron chi connectivity index (χ2n) is 3.39. The molecular formula is C11H19NOS. The van der Waals surface area contributed by atoms with Gasteiger partial charge in [-0.2, -0.15) is 0 Å². The molecule has 0 amide bonds. The summed E-state index contributed by atoms with van der Waals surface area (Å²) in [5, 5.41) is 1.13. The zero-order valence-corrected chi connectivity index (χ0v) is 10.3. The van der Waals surface area contributed by atoms with Crippen LogP contribution in [0.1, 0.15) is 43.5 Å². The normalized spacial score (nSPS) is 12.0. The summed E-state index contributed by atoms with van der Waals surface area (Å²) in [6.07, 6.45) is 5.00. The van der Waals surface area contributed by atoms with E-state index >= 15 is 0 Å². The van der Waals surface area contributed by atoms with Crippen molar-refractivity contribution in [2.75, 3.05) is 7.11 Å². The highest BCUT2D eigenvalue weighted by atomic mass is 32.1. The van der Waals surface area contributed by atoms with Crippen molar-refractivity contribution in [3.63, 3.8) is 0 Å². The van der Waals surface area contributed by atoms with E-state index in [2.05, 4.69) is 25.8 Å². The topological polar surface area (TPSA) is 22.1 Å². The van der Waals surface area contributed by atoms with Crippen LogP contribution in [0, 0.1) is 0 Å². The van der Waals surface area contributed by atoms with E-state index in [-0.39, 0.29) is 5.60 Å². The van der Waals surface area contributed by atoms with Gasteiger partial charge in [0, 0.05) is 18.2 Å². The van der Waals surface area contributed by atoms with E-state index in [0.29, 0.717) is 0 Å². The largest absolute Gasteiger partial charge is 0.371 e. The molecule has 1 rings (SSSR count). The average Bonchev–Trinajstić information content (AvgIpc) is 2.71. The van der Waals surface area contributed by atoms with Crippen LogP contribution in [-0.2, 0) is 16.8 Å². The number of aromatic nitrogens is 1. The maximum atomic E-state index is 5.63. The lowest BCUT2D eigenvalue weighted by molar-refractivity contribution is -0.0218.